The molecule has 0 amide bonds. The van der Waals surface area contributed by atoms with E-state index in [-0.39, 0.29) is 0 Å². The lowest BCUT2D eigenvalue weighted by atomic mass is 10.1. The number of allylic oxidation sites excluding steroid dienone is 1. The second-order valence-electron chi connectivity index (χ2n) is 4.10. The maximum absolute atomic E-state index is 5.48. The third-order valence-corrected chi connectivity index (χ3v) is 2.50. The normalized spacial score (nSPS) is 11.3. The first kappa shape index (κ1) is 14.7. The van der Waals surface area contributed by atoms with Gasteiger partial charge in [0.1, 0.15) is 0 Å². The summed E-state index contributed by atoms with van der Waals surface area (Å²) in [4.78, 5) is 0. The maximum Gasteiger partial charge on any atom is 0.0647 e. The van der Waals surface area contributed by atoms with Gasteiger partial charge in [-0.05, 0) is 19.3 Å². The zero-order chi connectivity index (χ0) is 11.2. The Morgan fingerprint density at radius 1 is 0.800 bits per heavy atom. The van der Waals surface area contributed by atoms with E-state index in [0.29, 0.717) is 0 Å². The van der Waals surface area contributed by atoms with Gasteiger partial charge < -0.3 is 4.74 Å². The van der Waals surface area contributed by atoms with Crippen molar-refractivity contribution >= 4 is 0 Å². The van der Waals surface area contributed by atoms with Crippen molar-refractivity contribution in [2.24, 2.45) is 0 Å². The fraction of sp³-hybridized carbons (Fsp3) is 0.857. The first-order valence-corrected chi connectivity index (χ1v) is 6.64. The summed E-state index contributed by atoms with van der Waals surface area (Å²) < 4.78 is 5.48. The van der Waals surface area contributed by atoms with Gasteiger partial charge in [-0.25, -0.2) is 0 Å². The Morgan fingerprint density at radius 2 is 1.53 bits per heavy atom. The van der Waals surface area contributed by atoms with Crippen LogP contribution in [0.25, 0.3) is 0 Å². The average molecular weight is 212 g/mol. The molecule has 0 heterocycles. The molecule has 0 aromatic carbocycles. The van der Waals surface area contributed by atoms with Crippen molar-refractivity contribution < 1.29 is 4.74 Å². The van der Waals surface area contributed by atoms with Crippen LogP contribution in [0.3, 0.4) is 0 Å². The lowest BCUT2D eigenvalue weighted by Crippen LogP contribution is -1.93. The highest BCUT2D eigenvalue weighted by Gasteiger charge is 1.86. The van der Waals surface area contributed by atoms with Gasteiger partial charge >= 0.3 is 0 Å². The molecule has 0 aliphatic heterocycles. The maximum atomic E-state index is 5.48. The quantitative estimate of drug-likeness (QED) is 0.356. The minimum Gasteiger partial charge on any atom is -0.377 e. The van der Waals surface area contributed by atoms with E-state index in [0.717, 1.165) is 13.2 Å². The molecule has 0 atom stereocenters. The summed E-state index contributed by atoms with van der Waals surface area (Å²) in [6, 6.07) is 0. The summed E-state index contributed by atoms with van der Waals surface area (Å²) >= 11 is 0. The van der Waals surface area contributed by atoms with E-state index in [9.17, 15) is 0 Å². The lowest BCUT2D eigenvalue weighted by molar-refractivity contribution is 0.157. The predicted octanol–water partition coefficient (Wildman–Crippen LogP) is 4.72. The standard InChI is InChI=1S/C14H28O/c1-3-5-7-8-9-10-12-14-15-13-11-6-4-2/h10,12H,3-9,11,13-14H2,1-2H3/b12-10-. The van der Waals surface area contributed by atoms with E-state index >= 15 is 0 Å². The summed E-state index contributed by atoms with van der Waals surface area (Å²) in [6.07, 6.45) is 14.8. The van der Waals surface area contributed by atoms with Crippen molar-refractivity contribution in [2.45, 2.75) is 65.2 Å². The molecule has 0 saturated heterocycles. The van der Waals surface area contributed by atoms with Crippen LogP contribution in [0.4, 0.5) is 0 Å². The molecule has 0 bridgehead atoms. The van der Waals surface area contributed by atoms with Crippen molar-refractivity contribution in [1.82, 2.24) is 0 Å². The fourth-order valence-electron chi connectivity index (χ4n) is 1.48. The van der Waals surface area contributed by atoms with Crippen LogP contribution in [-0.4, -0.2) is 13.2 Å². The van der Waals surface area contributed by atoms with Crippen LogP contribution in [0.1, 0.15) is 65.2 Å². The van der Waals surface area contributed by atoms with Gasteiger partial charge in [-0.2, -0.15) is 0 Å². The van der Waals surface area contributed by atoms with E-state index in [1.165, 1.54) is 51.4 Å². The van der Waals surface area contributed by atoms with Crippen molar-refractivity contribution in [2.75, 3.05) is 13.2 Å². The zero-order valence-electron chi connectivity index (χ0n) is 10.6. The van der Waals surface area contributed by atoms with Crippen LogP contribution in [0.5, 0.6) is 0 Å². The SMILES string of the molecule is CCCCCC/C=C\COCCCCC. The van der Waals surface area contributed by atoms with Gasteiger partial charge in [0.2, 0.25) is 0 Å². The molecule has 0 unspecified atom stereocenters. The van der Waals surface area contributed by atoms with Gasteiger partial charge in [-0.15, -0.1) is 0 Å². The molecule has 0 rings (SSSR count). The van der Waals surface area contributed by atoms with Crippen molar-refractivity contribution in [3.63, 3.8) is 0 Å². The van der Waals surface area contributed by atoms with Gasteiger partial charge in [0.05, 0.1) is 6.61 Å². The van der Waals surface area contributed by atoms with Gasteiger partial charge in [-0.1, -0.05) is 58.1 Å². The number of unbranched alkanes of at least 4 members (excludes halogenated alkanes) is 6. The molecular formula is C14H28O. The third-order valence-electron chi connectivity index (χ3n) is 2.50. The highest BCUT2D eigenvalue weighted by atomic mass is 16.5. The number of rotatable bonds is 11. The van der Waals surface area contributed by atoms with Crippen molar-refractivity contribution in [1.29, 1.82) is 0 Å². The van der Waals surface area contributed by atoms with Gasteiger partial charge in [-0.3, -0.25) is 0 Å². The Hall–Kier alpha value is -0.300. The second-order valence-corrected chi connectivity index (χ2v) is 4.10. The average Bonchev–Trinajstić information content (AvgIpc) is 2.26. The number of hydrogen-bond acceptors (Lipinski definition) is 1. The molecule has 0 spiro atoms. The molecule has 0 aliphatic carbocycles. The van der Waals surface area contributed by atoms with E-state index in [1.807, 2.05) is 0 Å². The Morgan fingerprint density at radius 3 is 2.27 bits per heavy atom. The molecule has 90 valence electrons. The summed E-state index contributed by atoms with van der Waals surface area (Å²) in [7, 11) is 0. The summed E-state index contributed by atoms with van der Waals surface area (Å²) in [6.45, 7) is 6.20. The van der Waals surface area contributed by atoms with E-state index < -0.39 is 0 Å². The summed E-state index contributed by atoms with van der Waals surface area (Å²) in [5.41, 5.74) is 0. The molecule has 15 heavy (non-hydrogen) atoms. The van der Waals surface area contributed by atoms with Crippen molar-refractivity contribution in [3.8, 4) is 0 Å². The first-order chi connectivity index (χ1) is 7.41. The number of hydrogen-bond donors (Lipinski definition) is 0. The van der Waals surface area contributed by atoms with Gasteiger partial charge in [0, 0.05) is 6.61 Å². The van der Waals surface area contributed by atoms with Gasteiger partial charge in [0.15, 0.2) is 0 Å². The van der Waals surface area contributed by atoms with Crippen LogP contribution in [-0.2, 0) is 4.74 Å². The Balaban J connectivity index is 2.97. The molecule has 0 saturated carbocycles. The Kier molecular flexibility index (Phi) is 13.4. The summed E-state index contributed by atoms with van der Waals surface area (Å²) in [5.74, 6) is 0. The highest BCUT2D eigenvalue weighted by molar-refractivity contribution is 4.81. The third kappa shape index (κ3) is 13.7. The van der Waals surface area contributed by atoms with E-state index in [1.54, 1.807) is 0 Å². The molecule has 1 nitrogen and oxygen atoms in total. The first-order valence-electron chi connectivity index (χ1n) is 6.64. The zero-order valence-corrected chi connectivity index (χ0v) is 10.6. The van der Waals surface area contributed by atoms with Gasteiger partial charge in [0.25, 0.3) is 0 Å². The second kappa shape index (κ2) is 13.7. The molecule has 0 aromatic heterocycles. The molecule has 0 fully saturated rings. The van der Waals surface area contributed by atoms with Crippen LogP contribution in [0.2, 0.25) is 0 Å². The summed E-state index contributed by atoms with van der Waals surface area (Å²) in [5, 5.41) is 0. The molecule has 0 radical (unpaired) electrons. The molecule has 0 aliphatic rings. The topological polar surface area (TPSA) is 9.23 Å². The molecule has 0 aromatic rings. The Labute approximate surface area is 95.9 Å². The van der Waals surface area contributed by atoms with Crippen LogP contribution < -0.4 is 0 Å². The van der Waals surface area contributed by atoms with Crippen molar-refractivity contribution in [3.05, 3.63) is 12.2 Å². The smallest absolute Gasteiger partial charge is 0.0647 e. The Bertz CT molecular complexity index is 129. The predicted molar refractivity (Wildman–Crippen MR) is 68.2 cm³/mol. The van der Waals surface area contributed by atoms with Crippen LogP contribution in [0.15, 0.2) is 12.2 Å². The van der Waals surface area contributed by atoms with E-state index in [2.05, 4.69) is 26.0 Å². The fourth-order valence-corrected chi connectivity index (χ4v) is 1.48. The molecule has 1 heteroatoms. The minimum absolute atomic E-state index is 0.803. The van der Waals surface area contributed by atoms with Crippen LogP contribution >= 0.6 is 0 Å². The monoisotopic (exact) mass is 212 g/mol. The van der Waals surface area contributed by atoms with E-state index in [4.69, 9.17) is 4.74 Å². The van der Waals surface area contributed by atoms with Crippen LogP contribution in [0, 0.1) is 0 Å². The largest absolute Gasteiger partial charge is 0.377 e. The highest BCUT2D eigenvalue weighted by Crippen LogP contribution is 2.02. The number of ether oxygens (including phenoxy) is 1. The molecule has 0 N–H and O–H groups in total. The molecular weight excluding hydrogens is 184 g/mol. The lowest BCUT2D eigenvalue weighted by Gasteiger charge is -1.99. The minimum atomic E-state index is 0.803.